The molecule has 2 aliphatic heterocycles. The summed E-state index contributed by atoms with van der Waals surface area (Å²) in [6, 6.07) is 1.75. The van der Waals surface area contributed by atoms with Gasteiger partial charge in [-0.2, -0.15) is 0 Å². The molecule has 1 amide bonds. The van der Waals surface area contributed by atoms with Crippen molar-refractivity contribution in [2.45, 2.75) is 51.6 Å². The average Bonchev–Trinajstić information content (AvgIpc) is 3.06. The van der Waals surface area contributed by atoms with Crippen LogP contribution in [0.3, 0.4) is 0 Å². The van der Waals surface area contributed by atoms with Crippen molar-refractivity contribution in [2.75, 3.05) is 38.5 Å². The van der Waals surface area contributed by atoms with Gasteiger partial charge in [-0.1, -0.05) is 13.8 Å². The van der Waals surface area contributed by atoms with Crippen molar-refractivity contribution in [3.05, 3.63) is 17.5 Å². The molecule has 7 nitrogen and oxygen atoms in total. The van der Waals surface area contributed by atoms with Crippen molar-refractivity contribution in [1.82, 2.24) is 19.8 Å². The number of hydrogen-bond donors (Lipinski definition) is 2. The highest BCUT2D eigenvalue weighted by Gasteiger charge is 2.36. The average molecular weight is 361 g/mol. The van der Waals surface area contributed by atoms with E-state index in [-0.39, 0.29) is 11.9 Å². The minimum absolute atomic E-state index is 0.118. The molecular weight excluding hydrogens is 330 g/mol. The summed E-state index contributed by atoms with van der Waals surface area (Å²) in [6.45, 7) is 8.16. The van der Waals surface area contributed by atoms with Crippen molar-refractivity contribution in [2.24, 2.45) is 5.92 Å². The zero-order chi connectivity index (χ0) is 18.7. The zero-order valence-corrected chi connectivity index (χ0v) is 15.9. The van der Waals surface area contributed by atoms with Crippen LogP contribution in [0, 0.1) is 5.92 Å². The highest BCUT2D eigenvalue weighted by molar-refractivity contribution is 5.92. The largest absolute Gasteiger partial charge is 0.388 e. The molecule has 2 saturated heterocycles. The molecule has 0 aliphatic carbocycles. The normalized spacial score (nSPS) is 20.7. The fraction of sp³-hybridized carbons (Fsp3) is 0.737. The van der Waals surface area contributed by atoms with Crippen LogP contribution in [-0.2, 0) is 6.42 Å². The third kappa shape index (κ3) is 4.71. The molecule has 2 fully saturated rings. The highest BCUT2D eigenvalue weighted by atomic mass is 16.3. The van der Waals surface area contributed by atoms with Gasteiger partial charge >= 0.3 is 0 Å². The Balaban J connectivity index is 1.62. The maximum absolute atomic E-state index is 12.8. The Morgan fingerprint density at radius 3 is 2.50 bits per heavy atom. The van der Waals surface area contributed by atoms with Gasteiger partial charge in [0.25, 0.3) is 5.91 Å². The molecule has 0 saturated carbocycles. The number of nitrogens with zero attached hydrogens (tertiary/aromatic N) is 4. The quantitative estimate of drug-likeness (QED) is 0.821. The van der Waals surface area contributed by atoms with Crippen molar-refractivity contribution in [3.8, 4) is 0 Å². The Hall–Kier alpha value is -1.73. The first-order valence-corrected chi connectivity index (χ1v) is 9.72. The number of hydrogen-bond acceptors (Lipinski definition) is 6. The van der Waals surface area contributed by atoms with Gasteiger partial charge in [0.1, 0.15) is 5.69 Å². The smallest absolute Gasteiger partial charge is 0.272 e. The van der Waals surface area contributed by atoms with E-state index < -0.39 is 5.60 Å². The second-order valence-corrected chi connectivity index (χ2v) is 8.20. The number of carbonyl (C=O) groups is 1. The van der Waals surface area contributed by atoms with E-state index in [9.17, 15) is 9.90 Å². The van der Waals surface area contributed by atoms with Gasteiger partial charge in [0.05, 0.1) is 5.60 Å². The molecule has 0 atom stereocenters. The van der Waals surface area contributed by atoms with Crippen molar-refractivity contribution in [1.29, 1.82) is 0 Å². The Morgan fingerprint density at radius 2 is 1.88 bits per heavy atom. The van der Waals surface area contributed by atoms with Crippen molar-refractivity contribution >= 4 is 11.9 Å². The number of anilines is 1. The second kappa shape index (κ2) is 7.88. The molecule has 0 spiro atoms. The van der Waals surface area contributed by atoms with E-state index in [1.54, 1.807) is 11.0 Å². The van der Waals surface area contributed by atoms with Crippen LogP contribution < -0.4 is 5.73 Å². The predicted octanol–water partition coefficient (Wildman–Crippen LogP) is 1.32. The summed E-state index contributed by atoms with van der Waals surface area (Å²) < 4.78 is 0. The number of β-amino-alcohol motifs (C(OH)–C–C–N with tert-alkyl or cyclic N) is 1. The lowest BCUT2D eigenvalue weighted by molar-refractivity contribution is -0.0368. The number of aromatic nitrogens is 2. The van der Waals surface area contributed by atoms with Gasteiger partial charge in [-0.3, -0.25) is 4.79 Å². The molecule has 26 heavy (non-hydrogen) atoms. The molecule has 0 aromatic carbocycles. The molecule has 3 N–H and O–H groups in total. The summed E-state index contributed by atoms with van der Waals surface area (Å²) in [5.74, 6) is 0.462. The standard InChI is InChI=1S/C19H31N5O2/c1-14(2)11-15-12-16(22-18(20)21-15)17(25)24-9-5-19(26,6-10-24)13-23-7-3-4-8-23/h12,14,26H,3-11,13H2,1-2H3,(H2,20,21,22). The number of likely N-dealkylation sites (tertiary alicyclic amines) is 2. The minimum Gasteiger partial charge on any atom is -0.388 e. The van der Waals surface area contributed by atoms with Gasteiger partial charge in [-0.25, -0.2) is 9.97 Å². The van der Waals surface area contributed by atoms with E-state index in [2.05, 4.69) is 28.7 Å². The SMILES string of the molecule is CC(C)Cc1cc(C(=O)N2CCC(O)(CN3CCCC3)CC2)nc(N)n1. The first kappa shape index (κ1) is 19.0. The molecule has 0 bridgehead atoms. The van der Waals surface area contributed by atoms with E-state index >= 15 is 0 Å². The number of piperidine rings is 1. The predicted molar refractivity (Wildman–Crippen MR) is 101 cm³/mol. The zero-order valence-electron chi connectivity index (χ0n) is 15.9. The lowest BCUT2D eigenvalue weighted by atomic mass is 9.90. The minimum atomic E-state index is -0.686. The molecule has 1 aromatic rings. The van der Waals surface area contributed by atoms with Crippen molar-refractivity contribution < 1.29 is 9.90 Å². The summed E-state index contributed by atoms with van der Waals surface area (Å²) in [6.07, 6.45) is 4.41. The molecule has 0 unspecified atom stereocenters. The van der Waals surface area contributed by atoms with Gasteiger partial charge < -0.3 is 20.6 Å². The molecule has 3 heterocycles. The van der Waals surface area contributed by atoms with Gasteiger partial charge in [0.2, 0.25) is 5.95 Å². The Kier molecular flexibility index (Phi) is 5.77. The Labute approximate surface area is 155 Å². The van der Waals surface area contributed by atoms with Crippen LogP contribution >= 0.6 is 0 Å². The van der Waals surface area contributed by atoms with Crippen LogP contribution in [0.15, 0.2) is 6.07 Å². The fourth-order valence-corrected chi connectivity index (χ4v) is 3.95. The first-order valence-electron chi connectivity index (χ1n) is 9.72. The molecule has 144 valence electrons. The highest BCUT2D eigenvalue weighted by Crippen LogP contribution is 2.26. The van der Waals surface area contributed by atoms with Gasteiger partial charge in [-0.05, 0) is 57.2 Å². The third-order valence-electron chi connectivity index (χ3n) is 5.33. The van der Waals surface area contributed by atoms with E-state index in [0.29, 0.717) is 44.1 Å². The van der Waals surface area contributed by atoms with E-state index in [1.807, 2.05) is 0 Å². The first-order chi connectivity index (χ1) is 12.3. The molecule has 0 radical (unpaired) electrons. The molecule has 3 rings (SSSR count). The Morgan fingerprint density at radius 1 is 1.23 bits per heavy atom. The lowest BCUT2D eigenvalue weighted by Crippen LogP contribution is -2.51. The van der Waals surface area contributed by atoms with Crippen LogP contribution in [0.4, 0.5) is 5.95 Å². The molecule has 2 aliphatic rings. The lowest BCUT2D eigenvalue weighted by Gasteiger charge is -2.40. The molecule has 7 heteroatoms. The van der Waals surface area contributed by atoms with Crippen molar-refractivity contribution in [3.63, 3.8) is 0 Å². The van der Waals surface area contributed by atoms with Crippen LogP contribution in [0.2, 0.25) is 0 Å². The number of aliphatic hydroxyl groups is 1. The number of rotatable bonds is 5. The van der Waals surface area contributed by atoms with Crippen LogP contribution in [0.1, 0.15) is 55.7 Å². The maximum atomic E-state index is 12.8. The molecule has 1 aromatic heterocycles. The summed E-state index contributed by atoms with van der Waals surface area (Å²) >= 11 is 0. The summed E-state index contributed by atoms with van der Waals surface area (Å²) in [7, 11) is 0. The third-order valence-corrected chi connectivity index (χ3v) is 5.33. The van der Waals surface area contributed by atoms with E-state index in [1.165, 1.54) is 12.8 Å². The number of carbonyl (C=O) groups excluding carboxylic acids is 1. The summed E-state index contributed by atoms with van der Waals surface area (Å²) in [5.41, 5.74) is 6.28. The topological polar surface area (TPSA) is 95.6 Å². The van der Waals surface area contributed by atoms with E-state index in [0.717, 1.165) is 25.2 Å². The van der Waals surface area contributed by atoms with Crippen LogP contribution in [0.5, 0.6) is 0 Å². The maximum Gasteiger partial charge on any atom is 0.272 e. The van der Waals surface area contributed by atoms with Crippen LogP contribution in [0.25, 0.3) is 0 Å². The van der Waals surface area contributed by atoms with Gasteiger partial charge in [0, 0.05) is 25.3 Å². The van der Waals surface area contributed by atoms with Gasteiger partial charge in [-0.15, -0.1) is 0 Å². The van der Waals surface area contributed by atoms with Gasteiger partial charge in [0.15, 0.2) is 0 Å². The van der Waals surface area contributed by atoms with E-state index in [4.69, 9.17) is 5.73 Å². The second-order valence-electron chi connectivity index (χ2n) is 8.20. The summed E-state index contributed by atoms with van der Waals surface area (Å²) in [4.78, 5) is 25.3. The number of nitrogen functional groups attached to an aromatic ring is 1. The fourth-order valence-electron chi connectivity index (χ4n) is 3.95. The number of amides is 1. The Bertz CT molecular complexity index is 635. The van der Waals surface area contributed by atoms with Crippen LogP contribution in [-0.4, -0.2) is 69.1 Å². The monoisotopic (exact) mass is 361 g/mol. The number of nitrogens with two attached hydrogens (primary N) is 1. The molecular formula is C19H31N5O2. The summed E-state index contributed by atoms with van der Waals surface area (Å²) in [5, 5.41) is 10.9.